The number of ether oxygens (including phenoxy) is 2. The monoisotopic (exact) mass is 397 g/mol. The van der Waals surface area contributed by atoms with Crippen molar-refractivity contribution in [1.82, 2.24) is 15.2 Å². The van der Waals surface area contributed by atoms with Crippen LogP contribution in [0.5, 0.6) is 11.6 Å². The Morgan fingerprint density at radius 3 is 2.79 bits per heavy atom. The second kappa shape index (κ2) is 11.3. The molecule has 0 spiro atoms. The zero-order chi connectivity index (χ0) is 20.3. The molecule has 0 bridgehead atoms. The van der Waals surface area contributed by atoms with Crippen molar-refractivity contribution in [2.45, 2.75) is 32.4 Å². The van der Waals surface area contributed by atoms with Crippen LogP contribution in [0.2, 0.25) is 0 Å². The maximum Gasteiger partial charge on any atom is 0.213 e. The SMILES string of the molecule is CCN1CCCC1CNC(N)=NCc1ccc(OCCOc2ccccc2)nc1. The molecule has 7 heteroatoms. The Morgan fingerprint density at radius 1 is 1.21 bits per heavy atom. The van der Waals surface area contributed by atoms with Gasteiger partial charge in [0.1, 0.15) is 19.0 Å². The number of aliphatic imine (C=N–C) groups is 1. The van der Waals surface area contributed by atoms with Gasteiger partial charge in [0, 0.05) is 24.8 Å². The van der Waals surface area contributed by atoms with Gasteiger partial charge in [0.05, 0.1) is 6.54 Å². The Hall–Kier alpha value is -2.80. The fraction of sp³-hybridized carbons (Fsp3) is 0.455. The van der Waals surface area contributed by atoms with Crippen molar-refractivity contribution in [2.24, 2.45) is 10.7 Å². The molecule has 29 heavy (non-hydrogen) atoms. The Labute approximate surface area is 172 Å². The number of hydrogen-bond donors (Lipinski definition) is 2. The standard InChI is InChI=1S/C22H31N5O2/c1-2-27-12-6-7-19(27)17-26-22(23)25-16-18-10-11-21(24-15-18)29-14-13-28-20-8-4-3-5-9-20/h3-5,8-11,15,19H,2,6-7,12-14,16-17H2,1H3,(H3,23,25,26). The van der Waals surface area contributed by atoms with E-state index in [-0.39, 0.29) is 0 Å². The molecule has 1 unspecified atom stereocenters. The number of nitrogens with two attached hydrogens (primary N) is 1. The topological polar surface area (TPSA) is 85.0 Å². The van der Waals surface area contributed by atoms with E-state index in [9.17, 15) is 0 Å². The highest BCUT2D eigenvalue weighted by atomic mass is 16.5. The lowest BCUT2D eigenvalue weighted by molar-refractivity contribution is 0.212. The lowest BCUT2D eigenvalue weighted by atomic mass is 10.2. The summed E-state index contributed by atoms with van der Waals surface area (Å²) in [6.45, 7) is 6.71. The minimum Gasteiger partial charge on any atom is -0.490 e. The normalized spacial score (nSPS) is 17.3. The first-order valence-corrected chi connectivity index (χ1v) is 10.3. The summed E-state index contributed by atoms with van der Waals surface area (Å²) in [5, 5.41) is 3.25. The van der Waals surface area contributed by atoms with Gasteiger partial charge in [-0.05, 0) is 43.6 Å². The molecular weight excluding hydrogens is 366 g/mol. The third kappa shape index (κ3) is 6.94. The zero-order valence-electron chi connectivity index (χ0n) is 17.1. The highest BCUT2D eigenvalue weighted by Gasteiger charge is 2.22. The molecule has 1 aliphatic rings. The predicted octanol–water partition coefficient (Wildman–Crippen LogP) is 2.43. The first-order chi connectivity index (χ1) is 14.2. The number of benzene rings is 1. The number of guanidine groups is 1. The second-order valence-corrected chi connectivity index (χ2v) is 7.02. The van der Waals surface area contributed by atoms with Crippen molar-refractivity contribution in [2.75, 3.05) is 32.8 Å². The van der Waals surface area contributed by atoms with Crippen LogP contribution in [0.4, 0.5) is 0 Å². The number of nitrogens with zero attached hydrogens (tertiary/aromatic N) is 3. The van der Waals surface area contributed by atoms with Gasteiger partial charge in [0.25, 0.3) is 0 Å². The highest BCUT2D eigenvalue weighted by molar-refractivity contribution is 5.77. The van der Waals surface area contributed by atoms with E-state index in [4.69, 9.17) is 15.2 Å². The molecule has 2 aromatic rings. The van der Waals surface area contributed by atoms with E-state index >= 15 is 0 Å². The van der Waals surface area contributed by atoms with E-state index in [2.05, 4.69) is 27.1 Å². The first-order valence-electron chi connectivity index (χ1n) is 10.3. The Bertz CT molecular complexity index is 752. The van der Waals surface area contributed by atoms with Gasteiger partial charge in [-0.25, -0.2) is 9.98 Å². The molecule has 0 radical (unpaired) electrons. The van der Waals surface area contributed by atoms with Crippen molar-refractivity contribution in [3.63, 3.8) is 0 Å². The van der Waals surface area contributed by atoms with Crippen molar-refractivity contribution >= 4 is 5.96 Å². The third-order valence-corrected chi connectivity index (χ3v) is 5.00. The summed E-state index contributed by atoms with van der Waals surface area (Å²) in [5.41, 5.74) is 6.99. The van der Waals surface area contributed by atoms with Gasteiger partial charge < -0.3 is 20.5 Å². The summed E-state index contributed by atoms with van der Waals surface area (Å²) in [6, 6.07) is 14.0. The van der Waals surface area contributed by atoms with Gasteiger partial charge in [-0.2, -0.15) is 0 Å². The summed E-state index contributed by atoms with van der Waals surface area (Å²) < 4.78 is 11.2. The Morgan fingerprint density at radius 2 is 2.03 bits per heavy atom. The average molecular weight is 398 g/mol. The van der Waals surface area contributed by atoms with Crippen LogP contribution in [-0.2, 0) is 6.54 Å². The van der Waals surface area contributed by atoms with E-state index in [1.807, 2.05) is 42.5 Å². The lowest BCUT2D eigenvalue weighted by Gasteiger charge is -2.23. The smallest absolute Gasteiger partial charge is 0.213 e. The fourth-order valence-electron chi connectivity index (χ4n) is 3.41. The summed E-state index contributed by atoms with van der Waals surface area (Å²) >= 11 is 0. The maximum absolute atomic E-state index is 6.01. The minimum atomic E-state index is 0.437. The predicted molar refractivity (Wildman–Crippen MR) is 115 cm³/mol. The van der Waals surface area contributed by atoms with Crippen LogP contribution in [-0.4, -0.2) is 54.7 Å². The number of likely N-dealkylation sites (tertiary alicyclic amines) is 1. The number of rotatable bonds is 10. The van der Waals surface area contributed by atoms with E-state index < -0.39 is 0 Å². The van der Waals surface area contributed by atoms with Crippen molar-refractivity contribution < 1.29 is 9.47 Å². The van der Waals surface area contributed by atoms with Gasteiger partial charge in [0.2, 0.25) is 5.88 Å². The minimum absolute atomic E-state index is 0.437. The molecule has 1 aromatic heterocycles. The molecule has 2 heterocycles. The molecule has 1 aromatic carbocycles. The molecule has 0 amide bonds. The van der Waals surface area contributed by atoms with Crippen LogP contribution in [0, 0.1) is 0 Å². The van der Waals surface area contributed by atoms with Crippen molar-refractivity contribution in [3.8, 4) is 11.6 Å². The fourth-order valence-corrected chi connectivity index (χ4v) is 3.41. The number of para-hydroxylation sites is 1. The molecule has 7 nitrogen and oxygen atoms in total. The van der Waals surface area contributed by atoms with Crippen LogP contribution >= 0.6 is 0 Å². The summed E-state index contributed by atoms with van der Waals surface area (Å²) in [7, 11) is 0. The van der Waals surface area contributed by atoms with Gasteiger partial charge in [-0.1, -0.05) is 31.2 Å². The van der Waals surface area contributed by atoms with E-state index in [1.165, 1.54) is 19.4 Å². The second-order valence-electron chi connectivity index (χ2n) is 7.02. The van der Waals surface area contributed by atoms with Gasteiger partial charge in [-0.15, -0.1) is 0 Å². The molecule has 3 N–H and O–H groups in total. The van der Waals surface area contributed by atoms with Crippen LogP contribution in [0.15, 0.2) is 53.7 Å². The van der Waals surface area contributed by atoms with Gasteiger partial charge in [0.15, 0.2) is 5.96 Å². The van der Waals surface area contributed by atoms with Crippen LogP contribution < -0.4 is 20.5 Å². The molecule has 0 saturated carbocycles. The van der Waals surface area contributed by atoms with Gasteiger partial charge in [-0.3, -0.25) is 4.90 Å². The number of likely N-dealkylation sites (N-methyl/N-ethyl adjacent to an activating group) is 1. The molecule has 3 rings (SSSR count). The largest absolute Gasteiger partial charge is 0.490 e. The summed E-state index contributed by atoms with van der Waals surface area (Å²) in [4.78, 5) is 11.2. The quantitative estimate of drug-likeness (QED) is 0.364. The zero-order valence-corrected chi connectivity index (χ0v) is 17.1. The molecule has 0 aliphatic carbocycles. The van der Waals surface area contributed by atoms with Crippen molar-refractivity contribution in [1.29, 1.82) is 0 Å². The number of nitrogens with one attached hydrogen (secondary N) is 1. The Balaban J connectivity index is 1.35. The third-order valence-electron chi connectivity index (χ3n) is 5.00. The highest BCUT2D eigenvalue weighted by Crippen LogP contribution is 2.15. The number of aromatic nitrogens is 1. The first kappa shape index (κ1) is 20.9. The van der Waals surface area contributed by atoms with E-state index in [0.29, 0.717) is 37.6 Å². The molecule has 1 aliphatic heterocycles. The van der Waals surface area contributed by atoms with Crippen LogP contribution in [0.3, 0.4) is 0 Å². The number of pyridine rings is 1. The maximum atomic E-state index is 6.01. The number of hydrogen-bond acceptors (Lipinski definition) is 5. The van der Waals surface area contributed by atoms with Crippen LogP contribution in [0.1, 0.15) is 25.3 Å². The molecular formula is C22H31N5O2. The molecule has 1 fully saturated rings. The Kier molecular flexibility index (Phi) is 8.12. The van der Waals surface area contributed by atoms with Gasteiger partial charge >= 0.3 is 0 Å². The lowest BCUT2D eigenvalue weighted by Crippen LogP contribution is -2.42. The molecule has 1 saturated heterocycles. The van der Waals surface area contributed by atoms with Crippen molar-refractivity contribution in [3.05, 3.63) is 54.2 Å². The van der Waals surface area contributed by atoms with Crippen LogP contribution in [0.25, 0.3) is 0 Å². The molecule has 156 valence electrons. The average Bonchev–Trinajstić information content (AvgIpc) is 3.23. The van der Waals surface area contributed by atoms with E-state index in [1.54, 1.807) is 6.20 Å². The summed E-state index contributed by atoms with van der Waals surface area (Å²) in [5.74, 6) is 1.88. The molecule has 1 atom stereocenters. The van der Waals surface area contributed by atoms with E-state index in [0.717, 1.165) is 24.4 Å². The summed E-state index contributed by atoms with van der Waals surface area (Å²) in [6.07, 6.45) is 4.24.